The standard InChI is InChI=1S/C13H40O5Si6/c1-19(14-20(2,3)4)15-24(16-21(5,6)7,17-22(8,9)10)18-23(11,12)13/h19H,1-13H3. The molecule has 11 heteroatoms. The Kier molecular flexibility index (Phi) is 8.80. The zero-order chi connectivity index (χ0) is 19.6. The number of rotatable bonds is 10. The maximum absolute atomic E-state index is 6.51. The summed E-state index contributed by atoms with van der Waals surface area (Å²) in [7, 11) is -12.5. The van der Waals surface area contributed by atoms with Crippen LogP contribution in [0.2, 0.25) is 85.1 Å². The van der Waals surface area contributed by atoms with Crippen LogP contribution < -0.4 is 0 Å². The average molecular weight is 445 g/mol. The largest absolute Gasteiger partial charge is 0.638 e. The number of hydrogen-bond acceptors (Lipinski definition) is 5. The summed E-state index contributed by atoms with van der Waals surface area (Å²) in [5.74, 6) is 0. The summed E-state index contributed by atoms with van der Waals surface area (Å²) < 4.78 is 32.2. The molecule has 146 valence electrons. The molecule has 0 spiro atoms. The van der Waals surface area contributed by atoms with Crippen LogP contribution in [0.25, 0.3) is 0 Å². The first-order valence-electron chi connectivity index (χ1n) is 8.68. The summed E-state index contributed by atoms with van der Waals surface area (Å²) in [6.45, 7) is 28.0. The molecular weight excluding hydrogens is 405 g/mol. The normalized spacial score (nSPS) is 16.4. The molecule has 0 aromatic carbocycles. The lowest BCUT2D eigenvalue weighted by Gasteiger charge is -2.42. The van der Waals surface area contributed by atoms with Gasteiger partial charge in [0, 0.05) is 0 Å². The van der Waals surface area contributed by atoms with Crippen LogP contribution in [0.4, 0.5) is 0 Å². The summed E-state index contributed by atoms with van der Waals surface area (Å²) in [5.41, 5.74) is 0. The maximum Gasteiger partial charge on any atom is 0.638 e. The van der Waals surface area contributed by atoms with Crippen molar-refractivity contribution in [3.63, 3.8) is 0 Å². The van der Waals surface area contributed by atoms with Gasteiger partial charge in [0.15, 0.2) is 33.3 Å². The van der Waals surface area contributed by atoms with Gasteiger partial charge in [0.1, 0.15) is 0 Å². The van der Waals surface area contributed by atoms with Crippen molar-refractivity contribution in [2.75, 3.05) is 0 Å². The minimum Gasteiger partial charge on any atom is -0.439 e. The zero-order valence-electron chi connectivity index (χ0n) is 18.1. The second-order valence-corrected chi connectivity index (χ2v) is 33.4. The summed E-state index contributed by atoms with van der Waals surface area (Å²) in [6, 6.07) is 0. The van der Waals surface area contributed by atoms with Crippen LogP contribution in [0, 0.1) is 0 Å². The van der Waals surface area contributed by atoms with Gasteiger partial charge in [-0.05, 0) is 85.1 Å². The minimum atomic E-state index is -3.22. The molecule has 1 unspecified atom stereocenters. The Balaban J connectivity index is 5.70. The van der Waals surface area contributed by atoms with Crippen LogP contribution in [-0.4, -0.2) is 51.6 Å². The van der Waals surface area contributed by atoms with E-state index in [0.717, 1.165) is 0 Å². The molecule has 0 radical (unpaired) electrons. The molecule has 0 aliphatic rings. The molecule has 24 heavy (non-hydrogen) atoms. The van der Waals surface area contributed by atoms with Crippen molar-refractivity contribution in [2.24, 2.45) is 0 Å². The highest BCUT2D eigenvalue weighted by Gasteiger charge is 2.54. The van der Waals surface area contributed by atoms with E-state index in [9.17, 15) is 0 Å². The van der Waals surface area contributed by atoms with Gasteiger partial charge in [-0.25, -0.2) is 0 Å². The third kappa shape index (κ3) is 13.3. The Labute approximate surface area is 157 Å². The van der Waals surface area contributed by atoms with Crippen molar-refractivity contribution < 1.29 is 20.6 Å². The molecule has 5 nitrogen and oxygen atoms in total. The zero-order valence-corrected chi connectivity index (χ0v) is 24.3. The molecule has 0 fully saturated rings. The predicted octanol–water partition coefficient (Wildman–Crippen LogP) is 4.69. The van der Waals surface area contributed by atoms with Gasteiger partial charge in [-0.15, -0.1) is 0 Å². The van der Waals surface area contributed by atoms with Crippen LogP contribution in [-0.2, 0) is 20.6 Å². The lowest BCUT2D eigenvalue weighted by molar-refractivity contribution is 0.142. The van der Waals surface area contributed by atoms with E-state index in [2.05, 4.69) is 85.1 Å². The van der Waals surface area contributed by atoms with Crippen LogP contribution in [0.3, 0.4) is 0 Å². The van der Waals surface area contributed by atoms with Gasteiger partial charge in [-0.3, -0.25) is 0 Å². The molecule has 0 rings (SSSR count). The second-order valence-electron chi connectivity index (χ2n) is 10.1. The van der Waals surface area contributed by atoms with Crippen LogP contribution in [0.15, 0.2) is 0 Å². The van der Waals surface area contributed by atoms with Crippen molar-refractivity contribution in [1.82, 2.24) is 0 Å². The van der Waals surface area contributed by atoms with Gasteiger partial charge in [0.25, 0.3) is 0 Å². The second kappa shape index (κ2) is 8.41. The molecule has 0 aromatic rings. The van der Waals surface area contributed by atoms with Gasteiger partial charge in [0.05, 0.1) is 0 Å². The summed E-state index contributed by atoms with van der Waals surface area (Å²) >= 11 is 0. The minimum absolute atomic E-state index is 1.67. The summed E-state index contributed by atoms with van der Waals surface area (Å²) in [5, 5.41) is 0. The van der Waals surface area contributed by atoms with Gasteiger partial charge in [-0.1, -0.05) is 0 Å². The van der Waals surface area contributed by atoms with E-state index < -0.39 is 51.6 Å². The van der Waals surface area contributed by atoms with Gasteiger partial charge >= 0.3 is 18.3 Å². The van der Waals surface area contributed by atoms with Crippen LogP contribution in [0.1, 0.15) is 0 Å². The molecule has 1 atom stereocenters. The molecular formula is C13H40O5Si6. The van der Waals surface area contributed by atoms with Crippen molar-refractivity contribution in [1.29, 1.82) is 0 Å². The molecule has 0 heterocycles. The Hall–Kier alpha value is 1.10. The van der Waals surface area contributed by atoms with E-state index in [-0.39, 0.29) is 0 Å². The average Bonchev–Trinajstić information content (AvgIpc) is 2.00. The molecule has 0 aromatic heterocycles. The summed E-state index contributed by atoms with van der Waals surface area (Å²) in [6.07, 6.45) is 0. The quantitative estimate of drug-likeness (QED) is 0.457. The third-order valence-corrected chi connectivity index (χ3v) is 19.1. The smallest absolute Gasteiger partial charge is 0.439 e. The predicted molar refractivity (Wildman–Crippen MR) is 118 cm³/mol. The molecule has 0 bridgehead atoms. The van der Waals surface area contributed by atoms with E-state index in [0.29, 0.717) is 0 Å². The highest BCUT2D eigenvalue weighted by molar-refractivity contribution is 6.90. The van der Waals surface area contributed by atoms with E-state index in [4.69, 9.17) is 20.6 Å². The first kappa shape index (κ1) is 25.1. The Morgan fingerprint density at radius 2 is 0.750 bits per heavy atom. The molecule has 0 amide bonds. The fraction of sp³-hybridized carbons (Fsp3) is 1.00. The topological polar surface area (TPSA) is 46.2 Å². The highest BCUT2D eigenvalue weighted by atomic mass is 28.5. The molecule has 0 aliphatic carbocycles. The SMILES string of the molecule is C[SiH](O[Si](C)(C)C)O[Si](O[Si](C)(C)C)(O[Si](C)(C)C)O[Si](C)(C)C. The van der Waals surface area contributed by atoms with E-state index in [1.165, 1.54) is 0 Å². The first-order valence-corrected chi connectivity index (χ1v) is 26.0. The van der Waals surface area contributed by atoms with Crippen molar-refractivity contribution in [2.45, 2.75) is 85.1 Å². The Morgan fingerprint density at radius 1 is 0.458 bits per heavy atom. The third-order valence-electron chi connectivity index (χ3n) is 2.12. The van der Waals surface area contributed by atoms with E-state index >= 15 is 0 Å². The Morgan fingerprint density at radius 3 is 0.958 bits per heavy atom. The molecule has 0 saturated heterocycles. The Bertz CT molecular complexity index is 353. The van der Waals surface area contributed by atoms with Gasteiger partial charge in [0.2, 0.25) is 0 Å². The highest BCUT2D eigenvalue weighted by Crippen LogP contribution is 2.27. The van der Waals surface area contributed by atoms with E-state index in [1.807, 2.05) is 0 Å². The molecule has 0 N–H and O–H groups in total. The van der Waals surface area contributed by atoms with Crippen molar-refractivity contribution in [3.05, 3.63) is 0 Å². The fourth-order valence-electron chi connectivity index (χ4n) is 1.98. The fourth-order valence-corrected chi connectivity index (χ4v) is 20.7. The van der Waals surface area contributed by atoms with Crippen molar-refractivity contribution in [3.8, 4) is 0 Å². The molecule has 0 saturated carbocycles. The molecule has 0 aliphatic heterocycles. The van der Waals surface area contributed by atoms with Crippen LogP contribution in [0.5, 0.6) is 0 Å². The lowest BCUT2D eigenvalue weighted by atomic mass is 11.8. The van der Waals surface area contributed by atoms with Crippen molar-refractivity contribution >= 4 is 51.6 Å². The van der Waals surface area contributed by atoms with Gasteiger partial charge < -0.3 is 20.6 Å². The van der Waals surface area contributed by atoms with E-state index in [1.54, 1.807) is 0 Å². The monoisotopic (exact) mass is 444 g/mol. The summed E-state index contributed by atoms with van der Waals surface area (Å²) in [4.78, 5) is 0. The first-order chi connectivity index (χ1) is 10.2. The number of hydrogen-bond donors (Lipinski definition) is 0. The van der Waals surface area contributed by atoms with Gasteiger partial charge in [-0.2, -0.15) is 0 Å². The lowest BCUT2D eigenvalue weighted by Crippen LogP contribution is -2.64. The maximum atomic E-state index is 6.51. The van der Waals surface area contributed by atoms with Crippen LogP contribution >= 0.6 is 0 Å².